The van der Waals surface area contributed by atoms with E-state index in [9.17, 15) is 0 Å². The number of hydrogen-bond donors (Lipinski definition) is 2. The van der Waals surface area contributed by atoms with Crippen LogP contribution in [0.5, 0.6) is 5.75 Å². The smallest absolute Gasteiger partial charge is 0.162 e. The Morgan fingerprint density at radius 2 is 2.12 bits per heavy atom. The van der Waals surface area contributed by atoms with E-state index < -0.39 is 0 Å². The number of rotatable bonds is 3. The first-order valence-electron chi connectivity index (χ1n) is 5.52. The van der Waals surface area contributed by atoms with E-state index in [4.69, 9.17) is 10.6 Å². The van der Waals surface area contributed by atoms with Crippen LogP contribution in [-0.4, -0.2) is 17.1 Å². The number of nitrogen functional groups attached to an aromatic ring is 1. The molecule has 0 amide bonds. The lowest BCUT2D eigenvalue weighted by atomic mass is 10.1. The third-order valence-electron chi connectivity index (χ3n) is 2.74. The molecule has 0 fully saturated rings. The molecule has 0 saturated carbocycles. The van der Waals surface area contributed by atoms with Crippen molar-refractivity contribution in [2.45, 2.75) is 20.3 Å². The molecule has 1 aromatic carbocycles. The Labute approximate surface area is 100.0 Å². The number of benzene rings is 1. The van der Waals surface area contributed by atoms with Gasteiger partial charge in [-0.2, -0.15) is 0 Å². The Hall–Kier alpha value is -1.88. The second-order valence-electron chi connectivity index (χ2n) is 3.80. The molecular formula is C12H16N4O. The van der Waals surface area contributed by atoms with Crippen LogP contribution in [0.3, 0.4) is 0 Å². The van der Waals surface area contributed by atoms with Gasteiger partial charge in [-0.15, -0.1) is 0 Å². The first kappa shape index (κ1) is 11.6. The first-order chi connectivity index (χ1) is 8.21. The molecule has 5 nitrogen and oxygen atoms in total. The molecule has 0 aliphatic rings. The Balaban J connectivity index is 2.78. The van der Waals surface area contributed by atoms with Crippen molar-refractivity contribution in [3.8, 4) is 5.75 Å². The minimum Gasteiger partial charge on any atom is -0.494 e. The molecule has 17 heavy (non-hydrogen) atoms. The third-order valence-corrected chi connectivity index (χ3v) is 2.74. The van der Waals surface area contributed by atoms with Crippen LogP contribution in [0, 0.1) is 6.92 Å². The molecule has 0 atom stereocenters. The molecule has 2 rings (SSSR count). The quantitative estimate of drug-likeness (QED) is 0.623. The average Bonchev–Trinajstić information content (AvgIpc) is 2.37. The fourth-order valence-corrected chi connectivity index (χ4v) is 1.85. The maximum Gasteiger partial charge on any atom is 0.162 e. The predicted molar refractivity (Wildman–Crippen MR) is 68.0 cm³/mol. The van der Waals surface area contributed by atoms with Gasteiger partial charge in [0, 0.05) is 0 Å². The number of fused-ring (bicyclic) bond motifs is 1. The van der Waals surface area contributed by atoms with Crippen LogP contribution in [0.15, 0.2) is 12.1 Å². The van der Waals surface area contributed by atoms with Crippen molar-refractivity contribution in [2.75, 3.05) is 12.5 Å². The topological polar surface area (TPSA) is 73.1 Å². The van der Waals surface area contributed by atoms with Crippen LogP contribution in [0.25, 0.3) is 11.0 Å². The van der Waals surface area contributed by atoms with Crippen LogP contribution in [0.1, 0.15) is 18.2 Å². The maximum atomic E-state index is 5.43. The molecular weight excluding hydrogens is 216 g/mol. The molecule has 90 valence electrons. The Kier molecular flexibility index (Phi) is 3.10. The van der Waals surface area contributed by atoms with Gasteiger partial charge in [-0.25, -0.2) is 15.8 Å². The van der Waals surface area contributed by atoms with Crippen molar-refractivity contribution in [3.05, 3.63) is 23.4 Å². The van der Waals surface area contributed by atoms with E-state index in [1.165, 1.54) is 0 Å². The summed E-state index contributed by atoms with van der Waals surface area (Å²) in [4.78, 5) is 9.00. The van der Waals surface area contributed by atoms with Gasteiger partial charge in [-0.1, -0.05) is 13.0 Å². The van der Waals surface area contributed by atoms with Gasteiger partial charge in [0.2, 0.25) is 0 Å². The maximum absolute atomic E-state index is 5.43. The number of ether oxygens (including phenoxy) is 1. The monoisotopic (exact) mass is 232 g/mol. The van der Waals surface area contributed by atoms with Crippen LogP contribution < -0.4 is 16.0 Å². The number of anilines is 1. The van der Waals surface area contributed by atoms with Gasteiger partial charge in [-0.3, -0.25) is 0 Å². The highest BCUT2D eigenvalue weighted by Gasteiger charge is 2.11. The van der Waals surface area contributed by atoms with Gasteiger partial charge in [-0.05, 0) is 25.0 Å². The fraction of sp³-hybridized carbons (Fsp3) is 0.333. The number of hydrogen-bond acceptors (Lipinski definition) is 5. The molecule has 0 radical (unpaired) electrons. The zero-order valence-electron chi connectivity index (χ0n) is 10.2. The number of methoxy groups -OCH3 is 1. The molecule has 0 unspecified atom stereocenters. The van der Waals surface area contributed by atoms with Gasteiger partial charge in [0.25, 0.3) is 0 Å². The highest BCUT2D eigenvalue weighted by atomic mass is 16.5. The Morgan fingerprint density at radius 3 is 2.71 bits per heavy atom. The van der Waals surface area contributed by atoms with E-state index in [0.717, 1.165) is 34.5 Å². The number of hydrazine groups is 1. The lowest BCUT2D eigenvalue weighted by Crippen LogP contribution is -2.12. The highest BCUT2D eigenvalue weighted by Crippen LogP contribution is 2.28. The third kappa shape index (κ3) is 1.89. The van der Waals surface area contributed by atoms with Crippen LogP contribution in [-0.2, 0) is 6.42 Å². The van der Waals surface area contributed by atoms with Crippen molar-refractivity contribution in [3.63, 3.8) is 0 Å². The molecule has 1 aromatic heterocycles. The van der Waals surface area contributed by atoms with Gasteiger partial charge in [0.15, 0.2) is 5.82 Å². The summed E-state index contributed by atoms with van der Waals surface area (Å²) in [6.45, 7) is 4.00. The SMILES string of the molecule is CCc1nc2c(OC)c(C)ccc2nc1NN. The number of aromatic nitrogens is 2. The number of nitrogens with zero attached hydrogens (tertiary/aromatic N) is 2. The van der Waals surface area contributed by atoms with Crippen molar-refractivity contribution in [2.24, 2.45) is 5.84 Å². The minimum atomic E-state index is 0.617. The molecule has 3 N–H and O–H groups in total. The first-order valence-corrected chi connectivity index (χ1v) is 5.52. The lowest BCUT2D eigenvalue weighted by Gasteiger charge is -2.11. The Bertz CT molecular complexity index is 554. The van der Waals surface area contributed by atoms with E-state index in [0.29, 0.717) is 5.82 Å². The lowest BCUT2D eigenvalue weighted by molar-refractivity contribution is 0.415. The molecule has 1 heterocycles. The highest BCUT2D eigenvalue weighted by molar-refractivity contribution is 5.84. The molecule has 2 aromatic rings. The molecule has 0 aliphatic carbocycles. The van der Waals surface area contributed by atoms with Crippen molar-refractivity contribution in [1.29, 1.82) is 0 Å². The zero-order chi connectivity index (χ0) is 12.4. The number of aryl methyl sites for hydroxylation is 2. The summed E-state index contributed by atoms with van der Waals surface area (Å²) in [5, 5.41) is 0. The van der Waals surface area contributed by atoms with Crippen LogP contribution in [0.2, 0.25) is 0 Å². The zero-order valence-corrected chi connectivity index (χ0v) is 10.2. The summed E-state index contributed by atoms with van der Waals surface area (Å²) >= 11 is 0. The van der Waals surface area contributed by atoms with Gasteiger partial charge in [0.05, 0.1) is 18.3 Å². The Morgan fingerprint density at radius 1 is 1.35 bits per heavy atom. The van der Waals surface area contributed by atoms with E-state index in [2.05, 4.69) is 15.4 Å². The summed E-state index contributed by atoms with van der Waals surface area (Å²) < 4.78 is 5.38. The second-order valence-corrected chi connectivity index (χ2v) is 3.80. The van der Waals surface area contributed by atoms with E-state index >= 15 is 0 Å². The summed E-state index contributed by atoms with van der Waals surface area (Å²) in [6, 6.07) is 3.88. The van der Waals surface area contributed by atoms with Gasteiger partial charge >= 0.3 is 0 Å². The second kappa shape index (κ2) is 4.55. The van der Waals surface area contributed by atoms with E-state index in [1.54, 1.807) is 7.11 Å². The largest absolute Gasteiger partial charge is 0.494 e. The number of nitrogens with two attached hydrogens (primary N) is 1. The summed E-state index contributed by atoms with van der Waals surface area (Å²) in [5.74, 6) is 6.82. The summed E-state index contributed by atoms with van der Waals surface area (Å²) in [6.07, 6.45) is 0.763. The van der Waals surface area contributed by atoms with Crippen molar-refractivity contribution in [1.82, 2.24) is 9.97 Å². The standard InChI is InChI=1S/C12H16N4O/c1-4-8-12(16-13)15-9-6-5-7(2)11(17-3)10(9)14-8/h5-6H,4,13H2,1-3H3,(H,15,16). The van der Waals surface area contributed by atoms with Gasteiger partial charge in [0.1, 0.15) is 11.3 Å². The number of nitrogens with one attached hydrogen (secondary N) is 1. The normalized spacial score (nSPS) is 10.6. The molecule has 5 heteroatoms. The van der Waals surface area contributed by atoms with Crippen molar-refractivity contribution < 1.29 is 4.74 Å². The predicted octanol–water partition coefficient (Wildman–Crippen LogP) is 1.79. The van der Waals surface area contributed by atoms with Crippen LogP contribution >= 0.6 is 0 Å². The molecule has 0 saturated heterocycles. The molecule has 0 spiro atoms. The summed E-state index contributed by atoms with van der Waals surface area (Å²) in [5.41, 5.74) is 6.02. The fourth-order valence-electron chi connectivity index (χ4n) is 1.85. The van der Waals surface area contributed by atoms with E-state index in [-0.39, 0.29) is 0 Å². The van der Waals surface area contributed by atoms with E-state index in [1.807, 2.05) is 26.0 Å². The van der Waals surface area contributed by atoms with Crippen LogP contribution in [0.4, 0.5) is 5.82 Å². The molecule has 0 aliphatic heterocycles. The average molecular weight is 232 g/mol. The van der Waals surface area contributed by atoms with Crippen molar-refractivity contribution >= 4 is 16.9 Å². The summed E-state index contributed by atoms with van der Waals surface area (Å²) in [7, 11) is 1.64. The van der Waals surface area contributed by atoms with Gasteiger partial charge < -0.3 is 10.2 Å². The molecule has 0 bridgehead atoms. The minimum absolute atomic E-state index is 0.617.